The van der Waals surface area contributed by atoms with Gasteiger partial charge in [-0.05, 0) is 26.2 Å². The van der Waals surface area contributed by atoms with Crippen molar-refractivity contribution >= 4 is 0 Å². The summed E-state index contributed by atoms with van der Waals surface area (Å²) in [6.07, 6.45) is 2.23. The number of hydrogen-bond donors (Lipinski definition) is 1. The van der Waals surface area contributed by atoms with Crippen LogP contribution in [0.2, 0.25) is 0 Å². The Morgan fingerprint density at radius 3 is 2.71 bits per heavy atom. The molecule has 82 valence electrons. The molecule has 0 fully saturated rings. The number of allylic oxidation sites excluding steroid dienone is 1. The second-order valence-electron chi connectivity index (χ2n) is 3.85. The van der Waals surface area contributed by atoms with Crippen molar-refractivity contribution in [2.45, 2.75) is 50.9 Å². The van der Waals surface area contributed by atoms with Gasteiger partial charge in [0.1, 0.15) is 0 Å². The molecular formula is C10H16F3N. The van der Waals surface area contributed by atoms with Crippen molar-refractivity contribution in [1.29, 1.82) is 0 Å². The van der Waals surface area contributed by atoms with E-state index in [0.717, 1.165) is 19.3 Å². The normalized spacial score (nSPS) is 25.0. The van der Waals surface area contributed by atoms with Crippen molar-refractivity contribution < 1.29 is 13.2 Å². The fraction of sp³-hybridized carbons (Fsp3) is 0.800. The molecule has 1 aliphatic rings. The van der Waals surface area contributed by atoms with E-state index in [0.29, 0.717) is 0 Å². The van der Waals surface area contributed by atoms with E-state index in [1.807, 2.05) is 12.2 Å². The number of hydrogen-bond acceptors (Lipinski definition) is 1. The summed E-state index contributed by atoms with van der Waals surface area (Å²) in [7, 11) is 0. The standard InChI is InChI=1S/C10H16F3N/c1-8(7-10(11,12)13)14-9-5-3-2-4-6-9/h3,5,8-9,14H,2,4,6-7H2,1H3. The van der Waals surface area contributed by atoms with Crippen LogP contribution in [-0.4, -0.2) is 18.3 Å². The van der Waals surface area contributed by atoms with Gasteiger partial charge < -0.3 is 5.32 Å². The molecule has 1 N–H and O–H groups in total. The molecule has 0 aromatic carbocycles. The van der Waals surface area contributed by atoms with Gasteiger partial charge in [0.05, 0.1) is 6.42 Å². The van der Waals surface area contributed by atoms with E-state index in [1.165, 1.54) is 0 Å². The monoisotopic (exact) mass is 207 g/mol. The molecule has 0 bridgehead atoms. The maximum absolute atomic E-state index is 12.0. The predicted molar refractivity (Wildman–Crippen MR) is 50.0 cm³/mol. The van der Waals surface area contributed by atoms with Gasteiger partial charge in [0, 0.05) is 12.1 Å². The lowest BCUT2D eigenvalue weighted by Crippen LogP contribution is -2.38. The van der Waals surface area contributed by atoms with E-state index < -0.39 is 18.6 Å². The quantitative estimate of drug-likeness (QED) is 0.701. The number of halogens is 3. The Morgan fingerprint density at radius 2 is 2.21 bits per heavy atom. The third kappa shape index (κ3) is 4.65. The second-order valence-corrected chi connectivity index (χ2v) is 3.85. The molecule has 0 amide bonds. The summed E-state index contributed by atoms with van der Waals surface area (Å²) in [5.41, 5.74) is 0. The molecule has 0 radical (unpaired) electrons. The highest BCUT2D eigenvalue weighted by Gasteiger charge is 2.30. The fourth-order valence-electron chi connectivity index (χ4n) is 1.72. The smallest absolute Gasteiger partial charge is 0.308 e. The van der Waals surface area contributed by atoms with E-state index in [9.17, 15) is 13.2 Å². The van der Waals surface area contributed by atoms with Crippen LogP contribution in [0.25, 0.3) is 0 Å². The van der Waals surface area contributed by atoms with Gasteiger partial charge in [0.25, 0.3) is 0 Å². The molecule has 0 saturated heterocycles. The Balaban J connectivity index is 2.29. The van der Waals surface area contributed by atoms with Crippen LogP contribution in [0.15, 0.2) is 12.2 Å². The lowest BCUT2D eigenvalue weighted by Gasteiger charge is -2.23. The summed E-state index contributed by atoms with van der Waals surface area (Å²) in [6.45, 7) is 1.58. The van der Waals surface area contributed by atoms with Crippen molar-refractivity contribution in [3.63, 3.8) is 0 Å². The molecule has 0 saturated carbocycles. The first kappa shape index (κ1) is 11.6. The van der Waals surface area contributed by atoms with Gasteiger partial charge in [-0.1, -0.05) is 12.2 Å². The zero-order chi connectivity index (χ0) is 10.6. The average molecular weight is 207 g/mol. The van der Waals surface area contributed by atoms with Gasteiger partial charge in [-0.3, -0.25) is 0 Å². The van der Waals surface area contributed by atoms with Crippen LogP contribution in [0.3, 0.4) is 0 Å². The third-order valence-electron chi connectivity index (χ3n) is 2.29. The number of nitrogens with one attached hydrogen (secondary N) is 1. The van der Waals surface area contributed by atoms with Crippen molar-refractivity contribution in [2.75, 3.05) is 0 Å². The van der Waals surface area contributed by atoms with Gasteiger partial charge in [-0.2, -0.15) is 13.2 Å². The Bertz CT molecular complexity index is 198. The van der Waals surface area contributed by atoms with E-state index in [2.05, 4.69) is 5.32 Å². The molecule has 1 nitrogen and oxygen atoms in total. The minimum absolute atomic E-state index is 0.126. The fourth-order valence-corrected chi connectivity index (χ4v) is 1.72. The summed E-state index contributed by atoms with van der Waals surface area (Å²) >= 11 is 0. The largest absolute Gasteiger partial charge is 0.390 e. The van der Waals surface area contributed by atoms with Crippen LogP contribution >= 0.6 is 0 Å². The number of alkyl halides is 3. The van der Waals surface area contributed by atoms with Gasteiger partial charge in [-0.25, -0.2) is 0 Å². The highest BCUT2D eigenvalue weighted by Crippen LogP contribution is 2.22. The topological polar surface area (TPSA) is 12.0 Å². The summed E-state index contributed by atoms with van der Waals surface area (Å²) in [5.74, 6) is 0. The summed E-state index contributed by atoms with van der Waals surface area (Å²) in [4.78, 5) is 0. The third-order valence-corrected chi connectivity index (χ3v) is 2.29. The van der Waals surface area contributed by atoms with Gasteiger partial charge >= 0.3 is 6.18 Å². The maximum Gasteiger partial charge on any atom is 0.390 e. The van der Waals surface area contributed by atoms with Gasteiger partial charge in [0.15, 0.2) is 0 Å². The van der Waals surface area contributed by atoms with Crippen LogP contribution in [0.1, 0.15) is 32.6 Å². The Hall–Kier alpha value is -0.510. The maximum atomic E-state index is 12.0. The Kier molecular flexibility index (Phi) is 3.98. The minimum atomic E-state index is -4.06. The van der Waals surface area contributed by atoms with Crippen LogP contribution < -0.4 is 5.32 Å². The van der Waals surface area contributed by atoms with Crippen molar-refractivity contribution in [1.82, 2.24) is 5.32 Å². The van der Waals surface area contributed by atoms with E-state index in [-0.39, 0.29) is 6.04 Å². The van der Waals surface area contributed by atoms with E-state index in [4.69, 9.17) is 0 Å². The molecule has 0 aliphatic heterocycles. The molecule has 4 heteroatoms. The average Bonchev–Trinajstić information content (AvgIpc) is 2.02. The second kappa shape index (κ2) is 4.82. The first-order valence-corrected chi connectivity index (χ1v) is 4.97. The zero-order valence-corrected chi connectivity index (χ0v) is 8.27. The highest BCUT2D eigenvalue weighted by molar-refractivity contribution is 4.98. The molecule has 1 aliphatic carbocycles. The summed E-state index contributed by atoms with van der Waals surface area (Å²) < 4.78 is 36.0. The zero-order valence-electron chi connectivity index (χ0n) is 8.27. The highest BCUT2D eigenvalue weighted by atomic mass is 19.4. The van der Waals surface area contributed by atoms with Gasteiger partial charge in [0.2, 0.25) is 0 Å². The van der Waals surface area contributed by atoms with Crippen LogP contribution in [-0.2, 0) is 0 Å². The first-order chi connectivity index (χ1) is 6.47. The Morgan fingerprint density at radius 1 is 1.50 bits per heavy atom. The minimum Gasteiger partial charge on any atom is -0.308 e. The molecule has 2 atom stereocenters. The molecule has 0 aromatic rings. The molecular weight excluding hydrogens is 191 g/mol. The van der Waals surface area contributed by atoms with E-state index in [1.54, 1.807) is 6.92 Å². The first-order valence-electron chi connectivity index (χ1n) is 4.97. The van der Waals surface area contributed by atoms with E-state index >= 15 is 0 Å². The Labute approximate surface area is 82.4 Å². The SMILES string of the molecule is CC(CC(F)(F)F)NC1C=CCCC1. The molecule has 2 unspecified atom stereocenters. The van der Waals surface area contributed by atoms with Crippen molar-refractivity contribution in [3.8, 4) is 0 Å². The van der Waals surface area contributed by atoms with Crippen LogP contribution in [0.5, 0.6) is 0 Å². The number of rotatable bonds is 3. The predicted octanol–water partition coefficient (Wildman–Crippen LogP) is 3.03. The van der Waals surface area contributed by atoms with Crippen LogP contribution in [0, 0.1) is 0 Å². The van der Waals surface area contributed by atoms with Crippen LogP contribution in [0.4, 0.5) is 13.2 Å². The van der Waals surface area contributed by atoms with Gasteiger partial charge in [-0.15, -0.1) is 0 Å². The molecule has 14 heavy (non-hydrogen) atoms. The molecule has 0 aromatic heterocycles. The molecule has 0 heterocycles. The lowest BCUT2D eigenvalue weighted by atomic mass is 10.0. The summed E-state index contributed by atoms with van der Waals surface area (Å²) in [6, 6.07) is -0.371. The van der Waals surface area contributed by atoms with Crippen molar-refractivity contribution in [2.24, 2.45) is 0 Å². The lowest BCUT2D eigenvalue weighted by molar-refractivity contribution is -0.139. The molecule has 1 rings (SSSR count). The summed E-state index contributed by atoms with van der Waals surface area (Å²) in [5, 5.41) is 2.97. The van der Waals surface area contributed by atoms with Crippen molar-refractivity contribution in [3.05, 3.63) is 12.2 Å². The molecule has 0 spiro atoms.